The summed E-state index contributed by atoms with van der Waals surface area (Å²) in [7, 11) is 3.41. The van der Waals surface area contributed by atoms with E-state index in [0.29, 0.717) is 17.2 Å². The summed E-state index contributed by atoms with van der Waals surface area (Å²) in [6, 6.07) is 5.40. The number of nitrogens with zero attached hydrogens (tertiary/aromatic N) is 1. The number of ether oxygens (including phenoxy) is 1. The molecule has 1 aromatic rings. The summed E-state index contributed by atoms with van der Waals surface area (Å²) in [6.07, 6.45) is 0. The molecule has 0 heterocycles. The van der Waals surface area contributed by atoms with Crippen LogP contribution in [-0.4, -0.2) is 31.5 Å². The first-order chi connectivity index (χ1) is 7.95. The Morgan fingerprint density at radius 1 is 1.47 bits per heavy atom. The zero-order valence-corrected chi connectivity index (χ0v) is 12.2. The van der Waals surface area contributed by atoms with Gasteiger partial charge in [0, 0.05) is 18.1 Å². The molecule has 1 aromatic carbocycles. The largest absolute Gasteiger partial charge is 0.497 e. The van der Waals surface area contributed by atoms with Gasteiger partial charge in [-0.1, -0.05) is 13.8 Å². The van der Waals surface area contributed by atoms with Gasteiger partial charge in [0.2, 0.25) is 0 Å². The number of halogens is 1. The lowest BCUT2D eigenvalue weighted by atomic mass is 10.1. The van der Waals surface area contributed by atoms with Crippen LogP contribution in [-0.2, 0) is 0 Å². The lowest BCUT2D eigenvalue weighted by Crippen LogP contribution is -2.30. The Bertz CT molecular complexity index is 404. The molecular weight excluding hydrogens is 282 g/mol. The quantitative estimate of drug-likeness (QED) is 0.854. The van der Waals surface area contributed by atoms with E-state index in [1.54, 1.807) is 18.1 Å². The molecule has 1 amide bonds. The van der Waals surface area contributed by atoms with Crippen LogP contribution in [0.3, 0.4) is 0 Å². The van der Waals surface area contributed by atoms with Gasteiger partial charge in [-0.25, -0.2) is 0 Å². The van der Waals surface area contributed by atoms with Crippen molar-refractivity contribution in [2.45, 2.75) is 13.8 Å². The van der Waals surface area contributed by atoms with Crippen molar-refractivity contribution in [2.24, 2.45) is 5.92 Å². The molecule has 0 N–H and O–H groups in total. The molecular formula is C13H18BrNO2. The fourth-order valence-corrected chi connectivity index (χ4v) is 2.05. The molecule has 0 bridgehead atoms. The maximum absolute atomic E-state index is 12.2. The number of rotatable bonds is 4. The predicted octanol–water partition coefficient (Wildman–Crippen LogP) is 3.19. The first kappa shape index (κ1) is 14.0. The smallest absolute Gasteiger partial charge is 0.254 e. The Kier molecular flexibility index (Phi) is 5.00. The van der Waals surface area contributed by atoms with Crippen molar-refractivity contribution in [1.82, 2.24) is 4.90 Å². The molecule has 0 aliphatic heterocycles. The van der Waals surface area contributed by atoms with Crippen LogP contribution in [0.25, 0.3) is 0 Å². The van der Waals surface area contributed by atoms with E-state index in [2.05, 4.69) is 29.8 Å². The maximum Gasteiger partial charge on any atom is 0.254 e. The number of benzene rings is 1. The lowest BCUT2D eigenvalue weighted by Gasteiger charge is -2.20. The Morgan fingerprint density at radius 3 is 2.65 bits per heavy atom. The SMILES string of the molecule is COc1ccc(Br)c(C(=O)N(C)CC(C)C)c1. The van der Waals surface area contributed by atoms with E-state index in [1.807, 2.05) is 19.2 Å². The third-order valence-electron chi connectivity index (χ3n) is 2.39. The van der Waals surface area contributed by atoms with Crippen LogP contribution in [0.15, 0.2) is 22.7 Å². The third-order valence-corrected chi connectivity index (χ3v) is 3.08. The molecule has 0 fully saturated rings. The monoisotopic (exact) mass is 299 g/mol. The van der Waals surface area contributed by atoms with Gasteiger partial charge in [0.15, 0.2) is 0 Å². The highest BCUT2D eigenvalue weighted by Gasteiger charge is 2.16. The summed E-state index contributed by atoms with van der Waals surface area (Å²) in [5.74, 6) is 1.15. The van der Waals surface area contributed by atoms with Gasteiger partial charge in [-0.05, 0) is 40.0 Å². The van der Waals surface area contributed by atoms with Crippen LogP contribution in [0.2, 0.25) is 0 Å². The third kappa shape index (κ3) is 3.73. The number of amides is 1. The van der Waals surface area contributed by atoms with Gasteiger partial charge in [-0.2, -0.15) is 0 Å². The number of carbonyl (C=O) groups is 1. The van der Waals surface area contributed by atoms with E-state index in [9.17, 15) is 4.79 Å². The Labute approximate surface area is 111 Å². The molecule has 0 unspecified atom stereocenters. The van der Waals surface area contributed by atoms with Crippen molar-refractivity contribution in [3.63, 3.8) is 0 Å². The first-order valence-corrected chi connectivity index (χ1v) is 6.34. The van der Waals surface area contributed by atoms with Crippen molar-refractivity contribution < 1.29 is 9.53 Å². The van der Waals surface area contributed by atoms with Gasteiger partial charge in [-0.15, -0.1) is 0 Å². The molecule has 17 heavy (non-hydrogen) atoms. The molecule has 0 radical (unpaired) electrons. The van der Waals surface area contributed by atoms with Crippen molar-refractivity contribution in [3.8, 4) is 5.75 Å². The molecule has 3 nitrogen and oxygen atoms in total. The maximum atomic E-state index is 12.2. The lowest BCUT2D eigenvalue weighted by molar-refractivity contribution is 0.0778. The van der Waals surface area contributed by atoms with Gasteiger partial charge < -0.3 is 9.64 Å². The summed E-state index contributed by atoms with van der Waals surface area (Å²) in [5.41, 5.74) is 0.632. The minimum absolute atomic E-state index is 0.00414. The van der Waals surface area contributed by atoms with Crippen LogP contribution in [0, 0.1) is 5.92 Å². The molecule has 0 aliphatic carbocycles. The summed E-state index contributed by atoms with van der Waals surface area (Å²) in [5, 5.41) is 0. The highest BCUT2D eigenvalue weighted by atomic mass is 79.9. The highest BCUT2D eigenvalue weighted by molar-refractivity contribution is 9.10. The van der Waals surface area contributed by atoms with Crippen LogP contribution < -0.4 is 4.74 Å². The minimum Gasteiger partial charge on any atom is -0.497 e. The van der Waals surface area contributed by atoms with Gasteiger partial charge in [-0.3, -0.25) is 4.79 Å². The average molecular weight is 300 g/mol. The van der Waals surface area contributed by atoms with E-state index < -0.39 is 0 Å². The summed E-state index contributed by atoms with van der Waals surface area (Å²) in [4.78, 5) is 13.9. The van der Waals surface area contributed by atoms with E-state index in [4.69, 9.17) is 4.74 Å². The van der Waals surface area contributed by atoms with Gasteiger partial charge in [0.1, 0.15) is 5.75 Å². The molecule has 0 spiro atoms. The fraction of sp³-hybridized carbons (Fsp3) is 0.462. The molecule has 0 atom stereocenters. The van der Waals surface area contributed by atoms with E-state index in [1.165, 1.54) is 0 Å². The molecule has 0 saturated carbocycles. The van der Waals surface area contributed by atoms with Crippen molar-refractivity contribution in [3.05, 3.63) is 28.2 Å². The molecule has 4 heteroatoms. The highest BCUT2D eigenvalue weighted by Crippen LogP contribution is 2.23. The number of hydrogen-bond donors (Lipinski definition) is 0. The molecule has 94 valence electrons. The zero-order valence-electron chi connectivity index (χ0n) is 10.7. The van der Waals surface area contributed by atoms with Crippen LogP contribution in [0.4, 0.5) is 0 Å². The number of carbonyl (C=O) groups excluding carboxylic acids is 1. The van der Waals surface area contributed by atoms with Crippen molar-refractivity contribution in [2.75, 3.05) is 20.7 Å². The first-order valence-electron chi connectivity index (χ1n) is 5.54. The fourth-order valence-electron chi connectivity index (χ4n) is 1.63. The average Bonchev–Trinajstić information content (AvgIpc) is 2.28. The van der Waals surface area contributed by atoms with Crippen molar-refractivity contribution in [1.29, 1.82) is 0 Å². The molecule has 0 saturated heterocycles. The van der Waals surface area contributed by atoms with Crippen LogP contribution in [0.5, 0.6) is 5.75 Å². The Morgan fingerprint density at radius 2 is 2.12 bits per heavy atom. The van der Waals surface area contributed by atoms with Gasteiger partial charge in [0.25, 0.3) is 5.91 Å². The summed E-state index contributed by atoms with van der Waals surface area (Å²) >= 11 is 3.39. The second kappa shape index (κ2) is 6.05. The van der Waals surface area contributed by atoms with Crippen molar-refractivity contribution >= 4 is 21.8 Å². The van der Waals surface area contributed by atoms with Crippen LogP contribution >= 0.6 is 15.9 Å². The second-order valence-corrected chi connectivity index (χ2v) is 5.28. The normalized spacial score (nSPS) is 10.5. The standard InChI is InChI=1S/C13H18BrNO2/c1-9(2)8-15(3)13(16)11-7-10(17-4)5-6-12(11)14/h5-7,9H,8H2,1-4H3. The predicted molar refractivity (Wildman–Crippen MR) is 72.5 cm³/mol. The van der Waals surface area contributed by atoms with Crippen LogP contribution in [0.1, 0.15) is 24.2 Å². The Hall–Kier alpha value is -1.03. The van der Waals surface area contributed by atoms with Gasteiger partial charge >= 0.3 is 0 Å². The van der Waals surface area contributed by atoms with Gasteiger partial charge in [0.05, 0.1) is 12.7 Å². The zero-order chi connectivity index (χ0) is 13.0. The molecule has 0 aromatic heterocycles. The summed E-state index contributed by atoms with van der Waals surface area (Å²) in [6.45, 7) is 4.91. The van der Waals surface area contributed by atoms with E-state index >= 15 is 0 Å². The topological polar surface area (TPSA) is 29.5 Å². The summed E-state index contributed by atoms with van der Waals surface area (Å²) < 4.78 is 5.92. The second-order valence-electron chi connectivity index (χ2n) is 4.43. The minimum atomic E-state index is 0.00414. The Balaban J connectivity index is 2.94. The molecule has 0 aliphatic rings. The molecule has 1 rings (SSSR count). The number of methoxy groups -OCH3 is 1. The van der Waals surface area contributed by atoms with E-state index in [0.717, 1.165) is 11.0 Å². The van der Waals surface area contributed by atoms with E-state index in [-0.39, 0.29) is 5.91 Å². The number of hydrogen-bond acceptors (Lipinski definition) is 2.